The number of thioether (sulfide) groups is 1. The highest BCUT2D eigenvalue weighted by Crippen LogP contribution is 2.21. The molecule has 112 valence electrons. The molecular formula is C14H22ClN3OS. The van der Waals surface area contributed by atoms with Crippen molar-refractivity contribution in [3.05, 3.63) is 23.4 Å². The summed E-state index contributed by atoms with van der Waals surface area (Å²) in [5.41, 5.74) is 4.87. The summed E-state index contributed by atoms with van der Waals surface area (Å²) in [6, 6.07) is 3.73. The van der Waals surface area contributed by atoms with E-state index in [4.69, 9.17) is 17.3 Å². The maximum absolute atomic E-state index is 11.6. The van der Waals surface area contributed by atoms with Crippen molar-refractivity contribution < 1.29 is 4.79 Å². The molecule has 1 aromatic rings. The Labute approximate surface area is 129 Å². The molecule has 0 aliphatic rings. The second kappa shape index (κ2) is 8.49. The maximum atomic E-state index is 11.6. The van der Waals surface area contributed by atoms with Crippen LogP contribution in [-0.4, -0.2) is 28.7 Å². The molecule has 0 aromatic carbocycles. The fourth-order valence-electron chi connectivity index (χ4n) is 1.75. The second-order valence-corrected chi connectivity index (χ2v) is 6.44. The third-order valence-electron chi connectivity index (χ3n) is 3.08. The van der Waals surface area contributed by atoms with E-state index in [1.165, 1.54) is 0 Å². The number of hydrogen-bond acceptors (Lipinski definition) is 4. The first kappa shape index (κ1) is 17.3. The number of carbonyl (C=O) groups is 1. The van der Waals surface area contributed by atoms with Crippen molar-refractivity contribution in [3.8, 4) is 0 Å². The molecule has 0 spiro atoms. The minimum atomic E-state index is -0.621. The van der Waals surface area contributed by atoms with Crippen LogP contribution in [0.4, 0.5) is 0 Å². The van der Waals surface area contributed by atoms with Crippen molar-refractivity contribution >= 4 is 29.3 Å². The van der Waals surface area contributed by atoms with E-state index >= 15 is 0 Å². The summed E-state index contributed by atoms with van der Waals surface area (Å²) in [5.74, 6) is 0.603. The summed E-state index contributed by atoms with van der Waals surface area (Å²) in [7, 11) is 0. The van der Waals surface area contributed by atoms with Gasteiger partial charge < -0.3 is 11.1 Å². The van der Waals surface area contributed by atoms with Crippen LogP contribution in [0.15, 0.2) is 23.4 Å². The van der Waals surface area contributed by atoms with Crippen LogP contribution in [0, 0.1) is 0 Å². The van der Waals surface area contributed by atoms with Crippen molar-refractivity contribution in [3.63, 3.8) is 0 Å². The van der Waals surface area contributed by atoms with Gasteiger partial charge in [-0.15, -0.1) is 11.8 Å². The highest BCUT2D eigenvalue weighted by atomic mass is 35.5. The van der Waals surface area contributed by atoms with Crippen molar-refractivity contribution in [1.29, 1.82) is 0 Å². The van der Waals surface area contributed by atoms with Crippen LogP contribution in [-0.2, 0) is 4.79 Å². The summed E-state index contributed by atoms with van der Waals surface area (Å²) in [4.78, 5) is 15.8. The van der Waals surface area contributed by atoms with Crippen molar-refractivity contribution in [1.82, 2.24) is 10.3 Å². The molecule has 0 bridgehead atoms. The Bertz CT molecular complexity index is 427. The topological polar surface area (TPSA) is 68.0 Å². The number of aromatic nitrogens is 1. The monoisotopic (exact) mass is 315 g/mol. The van der Waals surface area contributed by atoms with Crippen LogP contribution >= 0.6 is 23.4 Å². The molecule has 0 aliphatic heterocycles. The van der Waals surface area contributed by atoms with Gasteiger partial charge >= 0.3 is 0 Å². The van der Waals surface area contributed by atoms with Gasteiger partial charge in [0, 0.05) is 6.20 Å². The van der Waals surface area contributed by atoms with Crippen molar-refractivity contribution in [2.45, 2.75) is 43.7 Å². The molecule has 1 heterocycles. The average Bonchev–Trinajstić information content (AvgIpc) is 2.43. The van der Waals surface area contributed by atoms with Gasteiger partial charge in [0.2, 0.25) is 5.91 Å². The molecule has 0 radical (unpaired) electrons. The molecule has 0 saturated heterocycles. The number of amides is 1. The van der Waals surface area contributed by atoms with Crippen LogP contribution in [0.5, 0.6) is 0 Å². The van der Waals surface area contributed by atoms with Gasteiger partial charge in [0.25, 0.3) is 0 Å². The largest absolute Gasteiger partial charge is 0.368 e. The predicted molar refractivity (Wildman–Crippen MR) is 85.1 cm³/mol. The fraction of sp³-hybridized carbons (Fsp3) is 0.571. The first-order valence-corrected chi connectivity index (χ1v) is 8.13. The summed E-state index contributed by atoms with van der Waals surface area (Å²) in [6.45, 7) is 4.73. The van der Waals surface area contributed by atoms with Gasteiger partial charge in [-0.25, -0.2) is 4.98 Å². The Hall–Kier alpha value is -0.780. The van der Waals surface area contributed by atoms with E-state index in [1.54, 1.807) is 18.0 Å². The van der Waals surface area contributed by atoms with Gasteiger partial charge in [0.15, 0.2) is 0 Å². The lowest BCUT2D eigenvalue weighted by Crippen LogP contribution is -2.53. The third-order valence-corrected chi connectivity index (χ3v) is 4.33. The molecule has 1 rings (SSSR count). The van der Waals surface area contributed by atoms with Crippen LogP contribution in [0.1, 0.15) is 33.1 Å². The highest BCUT2D eigenvalue weighted by molar-refractivity contribution is 7.99. The SMILES string of the molecule is CCCNC(C)(CCCSc1ccc(Cl)cn1)C(N)=O. The van der Waals surface area contributed by atoms with E-state index in [0.717, 1.165) is 36.6 Å². The summed E-state index contributed by atoms with van der Waals surface area (Å²) in [6.07, 6.45) is 4.24. The van der Waals surface area contributed by atoms with E-state index in [2.05, 4.69) is 17.2 Å². The first-order chi connectivity index (χ1) is 9.48. The maximum Gasteiger partial charge on any atom is 0.237 e. The number of carbonyl (C=O) groups excluding carboxylic acids is 1. The highest BCUT2D eigenvalue weighted by Gasteiger charge is 2.29. The third kappa shape index (κ3) is 5.69. The molecule has 1 amide bonds. The molecule has 4 nitrogen and oxygen atoms in total. The Morgan fingerprint density at radius 1 is 1.55 bits per heavy atom. The van der Waals surface area contributed by atoms with Crippen molar-refractivity contribution in [2.24, 2.45) is 5.73 Å². The summed E-state index contributed by atoms with van der Waals surface area (Å²) in [5, 5.41) is 4.81. The molecule has 1 atom stereocenters. The van der Waals surface area contributed by atoms with E-state index in [0.29, 0.717) is 5.02 Å². The standard InChI is InChI=1S/C14H22ClN3OS/c1-3-8-18-14(2,13(16)19)7-4-9-20-12-6-5-11(15)10-17-12/h5-6,10,18H,3-4,7-9H2,1-2H3,(H2,16,19). The van der Waals surface area contributed by atoms with Crippen molar-refractivity contribution in [2.75, 3.05) is 12.3 Å². The summed E-state index contributed by atoms with van der Waals surface area (Å²) < 4.78 is 0. The number of pyridine rings is 1. The molecule has 3 N–H and O–H groups in total. The van der Waals surface area contributed by atoms with Gasteiger partial charge in [-0.05, 0) is 50.6 Å². The summed E-state index contributed by atoms with van der Waals surface area (Å²) >= 11 is 7.44. The molecule has 20 heavy (non-hydrogen) atoms. The predicted octanol–water partition coefficient (Wildman–Crippen LogP) is 2.85. The van der Waals surface area contributed by atoms with Gasteiger partial charge in [-0.2, -0.15) is 0 Å². The Morgan fingerprint density at radius 2 is 2.30 bits per heavy atom. The van der Waals surface area contributed by atoms with E-state index < -0.39 is 5.54 Å². The van der Waals surface area contributed by atoms with Crippen LogP contribution in [0.25, 0.3) is 0 Å². The number of primary amides is 1. The number of rotatable bonds is 9. The van der Waals surface area contributed by atoms with E-state index in [1.807, 2.05) is 19.1 Å². The quantitative estimate of drug-likeness (QED) is 0.543. The Morgan fingerprint density at radius 3 is 2.85 bits per heavy atom. The second-order valence-electron chi connectivity index (χ2n) is 4.89. The molecule has 6 heteroatoms. The van der Waals surface area contributed by atoms with Crippen LogP contribution < -0.4 is 11.1 Å². The normalized spacial score (nSPS) is 13.9. The molecule has 0 fully saturated rings. The van der Waals surface area contributed by atoms with Crippen LogP contribution in [0.2, 0.25) is 5.02 Å². The zero-order valence-corrected chi connectivity index (χ0v) is 13.6. The number of nitrogens with zero attached hydrogens (tertiary/aromatic N) is 1. The number of nitrogens with one attached hydrogen (secondary N) is 1. The molecule has 0 aliphatic carbocycles. The molecular weight excluding hydrogens is 294 g/mol. The lowest BCUT2D eigenvalue weighted by molar-refractivity contribution is -0.124. The minimum Gasteiger partial charge on any atom is -0.368 e. The molecule has 0 saturated carbocycles. The number of nitrogens with two attached hydrogens (primary N) is 1. The fourth-order valence-corrected chi connectivity index (χ4v) is 2.65. The lowest BCUT2D eigenvalue weighted by Gasteiger charge is -2.27. The zero-order valence-electron chi connectivity index (χ0n) is 12.0. The lowest BCUT2D eigenvalue weighted by atomic mass is 9.95. The Kier molecular flexibility index (Phi) is 7.34. The first-order valence-electron chi connectivity index (χ1n) is 6.77. The average molecular weight is 316 g/mol. The van der Waals surface area contributed by atoms with Gasteiger partial charge in [0.05, 0.1) is 15.6 Å². The van der Waals surface area contributed by atoms with Gasteiger partial charge in [0.1, 0.15) is 0 Å². The number of halogens is 1. The molecule has 1 aromatic heterocycles. The molecule has 1 unspecified atom stereocenters. The smallest absolute Gasteiger partial charge is 0.237 e. The van der Waals surface area contributed by atoms with Gasteiger partial charge in [-0.3, -0.25) is 4.79 Å². The Balaban J connectivity index is 2.37. The van der Waals surface area contributed by atoms with Gasteiger partial charge in [-0.1, -0.05) is 18.5 Å². The van der Waals surface area contributed by atoms with Crippen LogP contribution in [0.3, 0.4) is 0 Å². The minimum absolute atomic E-state index is 0.291. The van der Waals surface area contributed by atoms with E-state index in [-0.39, 0.29) is 5.91 Å². The zero-order chi connectivity index (χ0) is 15.0. The van der Waals surface area contributed by atoms with E-state index in [9.17, 15) is 4.79 Å². The number of hydrogen-bond donors (Lipinski definition) is 2.